The van der Waals surface area contributed by atoms with Crippen LogP contribution in [-0.4, -0.2) is 0 Å². The molecule has 0 aliphatic heterocycles. The number of hydrogen-bond acceptors (Lipinski definition) is 1. The van der Waals surface area contributed by atoms with Crippen molar-refractivity contribution < 1.29 is 4.39 Å². The number of nitrogens with zero attached hydrogens (tertiary/aromatic N) is 1. The molecule has 0 aromatic heterocycles. The second kappa shape index (κ2) is 4.80. The molecule has 0 saturated carbocycles. The van der Waals surface area contributed by atoms with E-state index in [1.54, 1.807) is 24.3 Å². The second-order valence-corrected chi connectivity index (χ2v) is 4.60. The van der Waals surface area contributed by atoms with Crippen molar-refractivity contribution in [1.82, 2.24) is 0 Å². The Kier molecular flexibility index (Phi) is 3.36. The van der Waals surface area contributed by atoms with Crippen LogP contribution >= 0.6 is 11.6 Å². The lowest BCUT2D eigenvalue weighted by Gasteiger charge is -2.11. The van der Waals surface area contributed by atoms with E-state index in [2.05, 4.69) is 6.07 Å². The average Bonchev–Trinajstić information content (AvgIpc) is 2.33. The Hall–Kier alpha value is -1.85. The minimum absolute atomic E-state index is 0.291. The SMILES string of the molecule is Cc1cc(C#N)c(-c2c(F)cccc2Cl)cc1C. The first kappa shape index (κ1) is 12.6. The first-order valence-corrected chi connectivity index (χ1v) is 5.88. The molecule has 0 aliphatic carbocycles. The van der Waals surface area contributed by atoms with Gasteiger partial charge in [0.1, 0.15) is 5.82 Å². The van der Waals surface area contributed by atoms with Gasteiger partial charge in [-0.05, 0) is 49.2 Å². The zero-order valence-electron chi connectivity index (χ0n) is 10.1. The van der Waals surface area contributed by atoms with Crippen LogP contribution in [0.25, 0.3) is 11.1 Å². The van der Waals surface area contributed by atoms with Crippen LogP contribution in [-0.2, 0) is 0 Å². The molecule has 2 rings (SSSR count). The van der Waals surface area contributed by atoms with Gasteiger partial charge in [-0.15, -0.1) is 0 Å². The third-order valence-electron chi connectivity index (χ3n) is 2.99. The lowest BCUT2D eigenvalue weighted by molar-refractivity contribution is 0.631. The molecule has 90 valence electrons. The monoisotopic (exact) mass is 259 g/mol. The Bertz CT molecular complexity index is 636. The zero-order chi connectivity index (χ0) is 13.3. The van der Waals surface area contributed by atoms with Crippen LogP contribution in [0.5, 0.6) is 0 Å². The first-order chi connectivity index (χ1) is 8.54. The number of halogens is 2. The molecule has 0 amide bonds. The van der Waals surface area contributed by atoms with E-state index < -0.39 is 5.82 Å². The molecule has 0 saturated heterocycles. The van der Waals surface area contributed by atoms with Crippen molar-refractivity contribution >= 4 is 11.6 Å². The number of hydrogen-bond donors (Lipinski definition) is 0. The maximum absolute atomic E-state index is 13.9. The summed E-state index contributed by atoms with van der Waals surface area (Å²) in [7, 11) is 0. The molecule has 1 nitrogen and oxygen atoms in total. The molecule has 2 aromatic rings. The van der Waals surface area contributed by atoms with Gasteiger partial charge in [0.25, 0.3) is 0 Å². The highest BCUT2D eigenvalue weighted by Crippen LogP contribution is 2.34. The fourth-order valence-electron chi connectivity index (χ4n) is 1.87. The molecular weight excluding hydrogens is 249 g/mol. The van der Waals surface area contributed by atoms with Crippen LogP contribution in [0, 0.1) is 31.0 Å². The molecule has 0 radical (unpaired) electrons. The highest BCUT2D eigenvalue weighted by molar-refractivity contribution is 6.33. The average molecular weight is 260 g/mol. The second-order valence-electron chi connectivity index (χ2n) is 4.19. The Morgan fingerprint density at radius 2 is 1.83 bits per heavy atom. The smallest absolute Gasteiger partial charge is 0.132 e. The van der Waals surface area contributed by atoms with E-state index in [-0.39, 0.29) is 0 Å². The molecule has 0 heterocycles. The highest BCUT2D eigenvalue weighted by Gasteiger charge is 2.14. The van der Waals surface area contributed by atoms with Crippen molar-refractivity contribution in [2.75, 3.05) is 0 Å². The Morgan fingerprint density at radius 3 is 2.44 bits per heavy atom. The van der Waals surface area contributed by atoms with Gasteiger partial charge in [-0.25, -0.2) is 4.39 Å². The van der Waals surface area contributed by atoms with Gasteiger partial charge >= 0.3 is 0 Å². The minimum Gasteiger partial charge on any atom is -0.206 e. The normalized spacial score (nSPS) is 10.2. The summed E-state index contributed by atoms with van der Waals surface area (Å²) in [5.74, 6) is -0.415. The van der Waals surface area contributed by atoms with Gasteiger partial charge < -0.3 is 0 Å². The quantitative estimate of drug-likeness (QED) is 0.732. The highest BCUT2D eigenvalue weighted by atomic mass is 35.5. The summed E-state index contributed by atoms with van der Waals surface area (Å²) >= 11 is 6.04. The molecule has 0 aliphatic rings. The van der Waals surface area contributed by atoms with Gasteiger partial charge in [0.15, 0.2) is 0 Å². The fraction of sp³-hybridized carbons (Fsp3) is 0.133. The van der Waals surface area contributed by atoms with E-state index in [1.807, 2.05) is 13.8 Å². The molecule has 0 N–H and O–H groups in total. The zero-order valence-corrected chi connectivity index (χ0v) is 10.8. The van der Waals surface area contributed by atoms with Gasteiger partial charge in [-0.2, -0.15) is 5.26 Å². The largest absolute Gasteiger partial charge is 0.206 e. The minimum atomic E-state index is -0.415. The molecule has 0 fully saturated rings. The molecular formula is C15H11ClFN. The summed E-state index contributed by atoms with van der Waals surface area (Å²) in [6.07, 6.45) is 0. The van der Waals surface area contributed by atoms with Crippen molar-refractivity contribution in [3.63, 3.8) is 0 Å². The molecule has 0 bridgehead atoms. The van der Waals surface area contributed by atoms with E-state index in [1.165, 1.54) is 6.07 Å². The van der Waals surface area contributed by atoms with Gasteiger partial charge in [0, 0.05) is 11.1 Å². The van der Waals surface area contributed by atoms with Crippen LogP contribution in [0.15, 0.2) is 30.3 Å². The molecule has 2 aromatic carbocycles. The Labute approximate surface area is 110 Å². The molecule has 3 heteroatoms. The summed E-state index contributed by atoms with van der Waals surface area (Å²) < 4.78 is 13.9. The van der Waals surface area contributed by atoms with E-state index in [0.29, 0.717) is 21.7 Å². The first-order valence-electron chi connectivity index (χ1n) is 5.50. The van der Waals surface area contributed by atoms with E-state index >= 15 is 0 Å². The summed E-state index contributed by atoms with van der Waals surface area (Å²) in [4.78, 5) is 0. The van der Waals surface area contributed by atoms with Gasteiger partial charge in [0.05, 0.1) is 16.7 Å². The number of aryl methyl sites for hydroxylation is 2. The maximum atomic E-state index is 13.9. The van der Waals surface area contributed by atoms with Crippen LogP contribution in [0.2, 0.25) is 5.02 Å². The van der Waals surface area contributed by atoms with Crippen molar-refractivity contribution in [3.05, 3.63) is 57.9 Å². The van der Waals surface area contributed by atoms with E-state index in [9.17, 15) is 4.39 Å². The number of rotatable bonds is 1. The standard InChI is InChI=1S/C15H11ClFN/c1-9-6-11(8-18)12(7-10(9)2)15-13(16)4-3-5-14(15)17/h3-7H,1-2H3. The third-order valence-corrected chi connectivity index (χ3v) is 3.30. The van der Waals surface area contributed by atoms with Crippen LogP contribution in [0.1, 0.15) is 16.7 Å². The van der Waals surface area contributed by atoms with Crippen molar-refractivity contribution in [2.45, 2.75) is 13.8 Å². The summed E-state index contributed by atoms with van der Waals surface area (Å²) in [6.45, 7) is 3.84. The summed E-state index contributed by atoms with van der Waals surface area (Å²) in [5, 5.41) is 9.48. The predicted molar refractivity (Wildman–Crippen MR) is 71.0 cm³/mol. The molecule has 0 spiro atoms. The van der Waals surface area contributed by atoms with Gasteiger partial charge in [-0.3, -0.25) is 0 Å². The van der Waals surface area contributed by atoms with E-state index in [0.717, 1.165) is 11.1 Å². The van der Waals surface area contributed by atoms with Gasteiger partial charge in [-0.1, -0.05) is 17.7 Å². The maximum Gasteiger partial charge on any atom is 0.132 e. The molecule has 18 heavy (non-hydrogen) atoms. The van der Waals surface area contributed by atoms with Crippen LogP contribution in [0.4, 0.5) is 4.39 Å². The van der Waals surface area contributed by atoms with Crippen molar-refractivity contribution in [1.29, 1.82) is 5.26 Å². The number of benzene rings is 2. The van der Waals surface area contributed by atoms with E-state index in [4.69, 9.17) is 16.9 Å². The third kappa shape index (κ3) is 2.10. The summed E-state index contributed by atoms with van der Waals surface area (Å²) in [6, 6.07) is 10.2. The van der Waals surface area contributed by atoms with Crippen LogP contribution < -0.4 is 0 Å². The van der Waals surface area contributed by atoms with Gasteiger partial charge in [0.2, 0.25) is 0 Å². The fourth-order valence-corrected chi connectivity index (χ4v) is 2.14. The number of nitriles is 1. The van der Waals surface area contributed by atoms with Crippen molar-refractivity contribution in [2.24, 2.45) is 0 Å². The Morgan fingerprint density at radius 1 is 1.17 bits per heavy atom. The molecule has 0 atom stereocenters. The predicted octanol–water partition coefficient (Wildman–Crippen LogP) is 4.63. The van der Waals surface area contributed by atoms with Crippen molar-refractivity contribution in [3.8, 4) is 17.2 Å². The lowest BCUT2D eigenvalue weighted by Crippen LogP contribution is -1.93. The molecule has 0 unspecified atom stereocenters. The Balaban J connectivity index is 2.80. The summed E-state index contributed by atoms with van der Waals surface area (Å²) in [5.41, 5.74) is 3.28. The van der Waals surface area contributed by atoms with Crippen LogP contribution in [0.3, 0.4) is 0 Å². The topological polar surface area (TPSA) is 23.8 Å². The lowest BCUT2D eigenvalue weighted by atomic mass is 9.95.